The number of amides is 1. The second-order valence-electron chi connectivity index (χ2n) is 6.49. The monoisotopic (exact) mass is 341 g/mol. The summed E-state index contributed by atoms with van der Waals surface area (Å²) < 4.78 is 13.0. The van der Waals surface area contributed by atoms with Crippen molar-refractivity contribution < 1.29 is 19.1 Å². The molecule has 2 atom stereocenters. The van der Waals surface area contributed by atoms with Gasteiger partial charge in [0.05, 0.1) is 0 Å². The first-order chi connectivity index (χ1) is 12.0. The van der Waals surface area contributed by atoms with Crippen molar-refractivity contribution in [2.45, 2.75) is 25.3 Å². The Morgan fingerprint density at radius 3 is 2.40 bits per heavy atom. The lowest BCUT2D eigenvalue weighted by molar-refractivity contribution is -0.145. The van der Waals surface area contributed by atoms with Gasteiger partial charge in [-0.3, -0.25) is 9.59 Å². The number of hydrogen-bond donors (Lipinski definition) is 1. The van der Waals surface area contributed by atoms with Gasteiger partial charge in [0, 0.05) is 13.0 Å². The normalized spacial score (nSPS) is 18.6. The van der Waals surface area contributed by atoms with Gasteiger partial charge in [0.25, 0.3) is 0 Å². The maximum absolute atomic E-state index is 13.0. The van der Waals surface area contributed by atoms with Crippen LogP contribution in [0.15, 0.2) is 54.6 Å². The van der Waals surface area contributed by atoms with Crippen LogP contribution in [-0.4, -0.2) is 28.4 Å². The van der Waals surface area contributed by atoms with Gasteiger partial charge in [-0.15, -0.1) is 0 Å². The summed E-state index contributed by atoms with van der Waals surface area (Å²) >= 11 is 0. The highest BCUT2D eigenvalue weighted by atomic mass is 19.1. The first kappa shape index (κ1) is 17.1. The predicted octanol–water partition coefficient (Wildman–Crippen LogP) is 3.43. The molecule has 0 aromatic heterocycles. The highest BCUT2D eigenvalue weighted by Gasteiger charge is 2.40. The van der Waals surface area contributed by atoms with Crippen LogP contribution < -0.4 is 0 Å². The SMILES string of the molecule is O=C(O)CN(Cc1ccc(F)cc1)C(=O)C[C@@H]1C[C@H]1c1ccccc1. The third-order valence-corrected chi connectivity index (χ3v) is 4.55. The number of carbonyl (C=O) groups is 2. The summed E-state index contributed by atoms with van der Waals surface area (Å²) in [7, 11) is 0. The number of rotatable bonds is 7. The van der Waals surface area contributed by atoms with Crippen LogP contribution in [0.5, 0.6) is 0 Å². The van der Waals surface area contributed by atoms with Crippen molar-refractivity contribution in [3.8, 4) is 0 Å². The molecule has 25 heavy (non-hydrogen) atoms. The van der Waals surface area contributed by atoms with Crippen molar-refractivity contribution in [1.82, 2.24) is 4.90 Å². The van der Waals surface area contributed by atoms with E-state index < -0.39 is 5.97 Å². The van der Waals surface area contributed by atoms with Crippen molar-refractivity contribution in [3.05, 3.63) is 71.5 Å². The van der Waals surface area contributed by atoms with Crippen molar-refractivity contribution in [3.63, 3.8) is 0 Å². The second-order valence-corrected chi connectivity index (χ2v) is 6.49. The Morgan fingerprint density at radius 2 is 1.76 bits per heavy atom. The van der Waals surface area contributed by atoms with E-state index in [0.29, 0.717) is 17.9 Å². The molecule has 2 aromatic rings. The Labute approximate surface area is 145 Å². The Kier molecular flexibility index (Phi) is 5.12. The summed E-state index contributed by atoms with van der Waals surface area (Å²) in [4.78, 5) is 25.0. The molecule has 1 aliphatic carbocycles. The maximum atomic E-state index is 13.0. The maximum Gasteiger partial charge on any atom is 0.323 e. The summed E-state index contributed by atoms with van der Waals surface area (Å²) in [5.74, 6) is -0.938. The van der Waals surface area contributed by atoms with Crippen molar-refractivity contribution in [2.24, 2.45) is 5.92 Å². The Morgan fingerprint density at radius 1 is 1.08 bits per heavy atom. The molecule has 4 nitrogen and oxygen atoms in total. The quantitative estimate of drug-likeness (QED) is 0.839. The van der Waals surface area contributed by atoms with Crippen LogP contribution in [-0.2, 0) is 16.1 Å². The molecule has 1 amide bonds. The standard InChI is InChI=1S/C20H20FNO3/c21-17-8-6-14(7-9-17)12-22(13-20(24)25)19(23)11-16-10-18(16)15-4-2-1-3-5-15/h1-9,16,18H,10-13H2,(H,24,25)/t16-,18-/m0/s1. The average molecular weight is 341 g/mol. The number of carboxylic acid groups (broad SMARTS) is 1. The number of benzene rings is 2. The van der Waals surface area contributed by atoms with E-state index in [1.165, 1.54) is 22.6 Å². The van der Waals surface area contributed by atoms with Crippen LogP contribution in [0.25, 0.3) is 0 Å². The number of halogens is 1. The van der Waals surface area contributed by atoms with Crippen LogP contribution in [0.2, 0.25) is 0 Å². The van der Waals surface area contributed by atoms with Crippen molar-refractivity contribution in [1.29, 1.82) is 0 Å². The summed E-state index contributed by atoms with van der Waals surface area (Å²) in [5, 5.41) is 9.08. The third-order valence-electron chi connectivity index (χ3n) is 4.55. The van der Waals surface area contributed by atoms with Crippen LogP contribution in [0.1, 0.15) is 29.9 Å². The number of carbonyl (C=O) groups excluding carboxylic acids is 1. The Balaban J connectivity index is 1.62. The lowest BCUT2D eigenvalue weighted by Gasteiger charge is -2.21. The topological polar surface area (TPSA) is 57.6 Å². The van der Waals surface area contributed by atoms with E-state index in [-0.39, 0.29) is 30.7 Å². The van der Waals surface area contributed by atoms with Gasteiger partial charge >= 0.3 is 5.97 Å². The molecule has 1 N–H and O–H groups in total. The molecule has 3 rings (SSSR count). The first-order valence-electron chi connectivity index (χ1n) is 8.32. The van der Waals surface area contributed by atoms with Gasteiger partial charge in [-0.05, 0) is 41.5 Å². The zero-order chi connectivity index (χ0) is 17.8. The zero-order valence-corrected chi connectivity index (χ0v) is 13.8. The van der Waals surface area contributed by atoms with Gasteiger partial charge in [0.2, 0.25) is 5.91 Å². The molecule has 0 bridgehead atoms. The molecular weight excluding hydrogens is 321 g/mol. The van der Waals surface area contributed by atoms with Crippen LogP contribution in [0.3, 0.4) is 0 Å². The van der Waals surface area contributed by atoms with E-state index in [4.69, 9.17) is 5.11 Å². The molecular formula is C20H20FNO3. The van der Waals surface area contributed by atoms with E-state index >= 15 is 0 Å². The van der Waals surface area contributed by atoms with E-state index in [2.05, 4.69) is 12.1 Å². The minimum absolute atomic E-state index is 0.171. The molecule has 0 saturated heterocycles. The van der Waals surface area contributed by atoms with Crippen LogP contribution in [0.4, 0.5) is 4.39 Å². The summed E-state index contributed by atoms with van der Waals surface area (Å²) in [6.45, 7) is -0.174. The molecule has 5 heteroatoms. The lowest BCUT2D eigenvalue weighted by atomic mass is 10.1. The predicted molar refractivity (Wildman–Crippen MR) is 91.4 cm³/mol. The molecule has 1 aliphatic rings. The van der Waals surface area contributed by atoms with Gasteiger partial charge < -0.3 is 10.0 Å². The third kappa shape index (κ3) is 4.66. The molecule has 0 spiro atoms. The van der Waals surface area contributed by atoms with E-state index in [9.17, 15) is 14.0 Å². The molecule has 0 aliphatic heterocycles. The smallest absolute Gasteiger partial charge is 0.323 e. The molecule has 130 valence electrons. The highest BCUT2D eigenvalue weighted by Crippen LogP contribution is 2.49. The number of carboxylic acids is 1. The summed E-state index contributed by atoms with van der Waals surface area (Å²) in [6, 6.07) is 15.8. The molecule has 0 radical (unpaired) electrons. The molecule has 1 fully saturated rings. The van der Waals surface area contributed by atoms with Gasteiger partial charge in [0.15, 0.2) is 0 Å². The average Bonchev–Trinajstić information content (AvgIpc) is 3.36. The molecule has 0 heterocycles. The lowest BCUT2D eigenvalue weighted by Crippen LogP contribution is -2.35. The zero-order valence-electron chi connectivity index (χ0n) is 13.8. The van der Waals surface area contributed by atoms with E-state index in [1.807, 2.05) is 18.2 Å². The molecule has 1 saturated carbocycles. The van der Waals surface area contributed by atoms with Gasteiger partial charge in [0.1, 0.15) is 12.4 Å². The van der Waals surface area contributed by atoms with Crippen LogP contribution >= 0.6 is 0 Å². The summed E-state index contributed by atoms with van der Waals surface area (Å²) in [5.41, 5.74) is 1.94. The number of aliphatic carboxylic acids is 1. The largest absolute Gasteiger partial charge is 0.480 e. The fourth-order valence-electron chi connectivity index (χ4n) is 3.14. The number of nitrogens with zero attached hydrogens (tertiary/aromatic N) is 1. The molecule has 2 aromatic carbocycles. The van der Waals surface area contributed by atoms with Gasteiger partial charge in [-0.2, -0.15) is 0 Å². The summed E-state index contributed by atoms with van der Waals surface area (Å²) in [6.07, 6.45) is 1.29. The van der Waals surface area contributed by atoms with Gasteiger partial charge in [-0.25, -0.2) is 4.39 Å². The Bertz CT molecular complexity index is 745. The minimum Gasteiger partial charge on any atom is -0.480 e. The van der Waals surface area contributed by atoms with Crippen molar-refractivity contribution in [2.75, 3.05) is 6.54 Å². The fraction of sp³-hybridized carbons (Fsp3) is 0.300. The minimum atomic E-state index is -1.05. The van der Waals surface area contributed by atoms with E-state index in [1.54, 1.807) is 12.1 Å². The molecule has 0 unspecified atom stereocenters. The first-order valence-corrected chi connectivity index (χ1v) is 8.32. The van der Waals surface area contributed by atoms with Crippen LogP contribution in [0, 0.1) is 11.7 Å². The highest BCUT2D eigenvalue weighted by molar-refractivity contribution is 5.81. The van der Waals surface area contributed by atoms with Gasteiger partial charge in [-0.1, -0.05) is 42.5 Å². The Hall–Kier alpha value is -2.69. The fourth-order valence-corrected chi connectivity index (χ4v) is 3.14. The number of hydrogen-bond acceptors (Lipinski definition) is 2. The van der Waals surface area contributed by atoms with E-state index in [0.717, 1.165) is 6.42 Å². The second kappa shape index (κ2) is 7.47. The van der Waals surface area contributed by atoms with Crippen molar-refractivity contribution >= 4 is 11.9 Å².